The molecule has 0 fully saturated rings. The summed E-state index contributed by atoms with van der Waals surface area (Å²) in [6.45, 7) is 4.49. The normalized spacial score (nSPS) is 11.8. The number of carbonyl (C=O) groups excluding carboxylic acids is 1. The Morgan fingerprint density at radius 3 is 2.24 bits per heavy atom. The maximum atomic E-state index is 14.3. The number of nitrogens with zero attached hydrogens (tertiary/aromatic N) is 1. The van der Waals surface area contributed by atoms with Gasteiger partial charge in [0.15, 0.2) is 12.7 Å². The molecule has 2 aromatic carbocycles. The number of rotatable bonds is 18. The second-order valence-electron chi connectivity index (χ2n) is 9.09. The average Bonchev–Trinajstić information content (AvgIpc) is 2.87. The van der Waals surface area contributed by atoms with Crippen LogP contribution >= 0.6 is 0 Å². The molecule has 1 atom stereocenters. The number of unbranched alkanes of at least 4 members (excludes halogenated alkanes) is 6. The van der Waals surface area contributed by atoms with Crippen LogP contribution in [0.3, 0.4) is 0 Å². The van der Waals surface area contributed by atoms with Gasteiger partial charge in [0.05, 0.1) is 0 Å². The minimum Gasteiger partial charge on any atom is -0.484 e. The van der Waals surface area contributed by atoms with Crippen molar-refractivity contribution < 1.29 is 33.0 Å². The molecule has 37 heavy (non-hydrogen) atoms. The molecule has 6 nitrogen and oxygen atoms in total. The third kappa shape index (κ3) is 11.3. The van der Waals surface area contributed by atoms with Crippen LogP contribution in [0.5, 0.6) is 5.75 Å². The van der Waals surface area contributed by atoms with Gasteiger partial charge in [0.25, 0.3) is 5.91 Å². The Labute approximate surface area is 218 Å². The number of carboxylic acids is 1. The van der Waals surface area contributed by atoms with E-state index in [2.05, 4.69) is 6.92 Å². The first-order valence-electron chi connectivity index (χ1n) is 13.1. The molecular weight excluding hydrogens is 480 g/mol. The van der Waals surface area contributed by atoms with Gasteiger partial charge in [-0.25, -0.2) is 13.6 Å². The van der Waals surface area contributed by atoms with E-state index >= 15 is 0 Å². The highest BCUT2D eigenvalue weighted by atomic mass is 19.1. The summed E-state index contributed by atoms with van der Waals surface area (Å²) >= 11 is 0. The quantitative estimate of drug-likeness (QED) is 0.239. The van der Waals surface area contributed by atoms with E-state index in [1.165, 1.54) is 31.4 Å². The Kier molecular flexibility index (Phi) is 13.6. The van der Waals surface area contributed by atoms with Gasteiger partial charge in [0, 0.05) is 37.7 Å². The fourth-order valence-corrected chi connectivity index (χ4v) is 4.00. The summed E-state index contributed by atoms with van der Waals surface area (Å²) in [7, 11) is 0. The average molecular weight is 520 g/mol. The second kappa shape index (κ2) is 16.7. The fraction of sp³-hybridized carbons (Fsp3) is 0.517. The number of carboxylic acid groups (broad SMARTS) is 1. The third-order valence-corrected chi connectivity index (χ3v) is 6.11. The van der Waals surface area contributed by atoms with E-state index in [-0.39, 0.29) is 31.0 Å². The molecule has 0 aromatic heterocycles. The summed E-state index contributed by atoms with van der Waals surface area (Å²) in [5.41, 5.74) is 1.02. The van der Waals surface area contributed by atoms with E-state index in [1.807, 2.05) is 0 Å². The predicted molar refractivity (Wildman–Crippen MR) is 138 cm³/mol. The van der Waals surface area contributed by atoms with E-state index in [4.69, 9.17) is 9.47 Å². The van der Waals surface area contributed by atoms with E-state index in [0.717, 1.165) is 37.3 Å². The predicted octanol–water partition coefficient (Wildman–Crippen LogP) is 6.16. The maximum Gasteiger partial charge on any atom is 0.333 e. The number of hydrogen-bond acceptors (Lipinski definition) is 4. The van der Waals surface area contributed by atoms with E-state index < -0.39 is 23.7 Å². The zero-order valence-electron chi connectivity index (χ0n) is 21.9. The number of benzene rings is 2. The van der Waals surface area contributed by atoms with Crippen molar-refractivity contribution in [3.8, 4) is 5.75 Å². The summed E-state index contributed by atoms with van der Waals surface area (Å²) < 4.78 is 38.5. The van der Waals surface area contributed by atoms with E-state index in [9.17, 15) is 23.5 Å². The Balaban J connectivity index is 1.95. The first-order chi connectivity index (χ1) is 17.8. The van der Waals surface area contributed by atoms with Crippen molar-refractivity contribution in [3.05, 3.63) is 65.2 Å². The van der Waals surface area contributed by atoms with Crippen molar-refractivity contribution >= 4 is 11.9 Å². The van der Waals surface area contributed by atoms with Gasteiger partial charge >= 0.3 is 5.97 Å². The van der Waals surface area contributed by atoms with Gasteiger partial charge < -0.3 is 19.5 Å². The molecule has 2 aromatic rings. The highest BCUT2D eigenvalue weighted by molar-refractivity contribution is 5.77. The van der Waals surface area contributed by atoms with Gasteiger partial charge in [-0.1, -0.05) is 63.6 Å². The molecule has 1 N–H and O–H groups in total. The monoisotopic (exact) mass is 519 g/mol. The fourth-order valence-electron chi connectivity index (χ4n) is 4.00. The van der Waals surface area contributed by atoms with Crippen LogP contribution in [0.1, 0.15) is 69.9 Å². The summed E-state index contributed by atoms with van der Waals surface area (Å²) in [6, 6.07) is 10.2. The molecule has 0 radical (unpaired) electrons. The summed E-state index contributed by atoms with van der Waals surface area (Å²) in [5, 5.41) is 9.25. The number of aliphatic carboxylic acids is 1. The van der Waals surface area contributed by atoms with Crippen molar-refractivity contribution in [3.63, 3.8) is 0 Å². The summed E-state index contributed by atoms with van der Waals surface area (Å²) in [6.07, 6.45) is 6.91. The molecule has 204 valence electrons. The molecule has 0 aliphatic carbocycles. The van der Waals surface area contributed by atoms with Crippen LogP contribution in [0.15, 0.2) is 42.5 Å². The minimum absolute atomic E-state index is 0.0388. The van der Waals surface area contributed by atoms with Gasteiger partial charge in [-0.05, 0) is 37.1 Å². The Hall–Kier alpha value is -3.00. The summed E-state index contributed by atoms with van der Waals surface area (Å²) in [5.74, 6) is -2.19. The topological polar surface area (TPSA) is 76.1 Å². The maximum absolute atomic E-state index is 14.3. The van der Waals surface area contributed by atoms with Crippen LogP contribution < -0.4 is 4.74 Å². The van der Waals surface area contributed by atoms with Gasteiger partial charge in [0.2, 0.25) is 0 Å². The van der Waals surface area contributed by atoms with Crippen LogP contribution in [0.25, 0.3) is 0 Å². The minimum atomic E-state index is -1.02. The molecule has 0 unspecified atom stereocenters. The molecule has 0 heterocycles. The Morgan fingerprint density at radius 1 is 0.946 bits per heavy atom. The molecule has 0 saturated carbocycles. The van der Waals surface area contributed by atoms with Crippen LogP contribution in [0, 0.1) is 11.6 Å². The smallest absolute Gasteiger partial charge is 0.333 e. The van der Waals surface area contributed by atoms with Crippen LogP contribution in [-0.4, -0.2) is 47.7 Å². The lowest BCUT2D eigenvalue weighted by Gasteiger charge is -2.23. The molecule has 0 aliphatic heterocycles. The molecule has 8 heteroatoms. The lowest BCUT2D eigenvalue weighted by molar-refractivity contribution is -0.150. The Morgan fingerprint density at radius 2 is 1.62 bits per heavy atom. The van der Waals surface area contributed by atoms with Gasteiger partial charge in [-0.3, -0.25) is 4.79 Å². The molecule has 1 amide bonds. The molecule has 0 aliphatic rings. The van der Waals surface area contributed by atoms with Crippen LogP contribution in [-0.2, 0) is 27.3 Å². The van der Waals surface area contributed by atoms with Crippen LogP contribution in [0.2, 0.25) is 0 Å². The molecule has 2 rings (SSSR count). The number of halogens is 2. The highest BCUT2D eigenvalue weighted by Crippen LogP contribution is 2.17. The zero-order valence-corrected chi connectivity index (χ0v) is 21.9. The van der Waals surface area contributed by atoms with Crippen molar-refractivity contribution in [2.24, 2.45) is 0 Å². The number of hydrogen-bond donors (Lipinski definition) is 1. The highest BCUT2D eigenvalue weighted by Gasteiger charge is 2.19. The lowest BCUT2D eigenvalue weighted by atomic mass is 10.1. The molecule has 0 saturated heterocycles. The largest absolute Gasteiger partial charge is 0.484 e. The number of ether oxygens (including phenoxy) is 2. The first-order valence-corrected chi connectivity index (χ1v) is 13.1. The SMILES string of the molecule is CCCCCCCCCN(Cc1ccc(F)cc1F)C(=O)COc1ccc(C[C@H](OCC)C(=O)O)cc1. The Bertz CT molecular complexity index is 967. The standard InChI is InChI=1S/C29H39F2NO5/c1-3-5-6-7-8-9-10-17-32(20-23-13-14-24(30)19-26(23)31)28(33)21-37-25-15-11-22(12-16-25)18-27(29(34)35)36-4-2/h11-16,19,27H,3-10,17-18,20-21H2,1-2H3,(H,34,35)/t27-/m0/s1. The van der Waals surface area contributed by atoms with Crippen molar-refractivity contribution in [1.82, 2.24) is 4.90 Å². The second-order valence-corrected chi connectivity index (χ2v) is 9.09. The van der Waals surface area contributed by atoms with Gasteiger partial charge in [-0.2, -0.15) is 0 Å². The molecule has 0 spiro atoms. The number of amides is 1. The van der Waals surface area contributed by atoms with Crippen molar-refractivity contribution in [2.45, 2.75) is 77.9 Å². The van der Waals surface area contributed by atoms with Gasteiger partial charge in [-0.15, -0.1) is 0 Å². The summed E-state index contributed by atoms with van der Waals surface area (Å²) in [4.78, 5) is 25.8. The van der Waals surface area contributed by atoms with Gasteiger partial charge in [0.1, 0.15) is 17.4 Å². The molecular formula is C29H39F2NO5. The van der Waals surface area contributed by atoms with E-state index in [1.54, 1.807) is 36.1 Å². The number of carbonyl (C=O) groups is 2. The van der Waals surface area contributed by atoms with Crippen LogP contribution in [0.4, 0.5) is 8.78 Å². The van der Waals surface area contributed by atoms with E-state index in [0.29, 0.717) is 18.9 Å². The molecule has 0 bridgehead atoms. The zero-order chi connectivity index (χ0) is 27.0. The lowest BCUT2D eigenvalue weighted by Crippen LogP contribution is -2.35. The third-order valence-electron chi connectivity index (χ3n) is 6.11. The first kappa shape index (κ1) is 30.2. The van der Waals surface area contributed by atoms with Crippen molar-refractivity contribution in [2.75, 3.05) is 19.8 Å². The van der Waals surface area contributed by atoms with Crippen molar-refractivity contribution in [1.29, 1.82) is 0 Å².